The highest BCUT2D eigenvalue weighted by Gasteiger charge is 2.57. The number of esters is 1. The van der Waals surface area contributed by atoms with Crippen molar-refractivity contribution in [2.45, 2.75) is 154 Å². The summed E-state index contributed by atoms with van der Waals surface area (Å²) in [7, 11) is 6.81. The topological polar surface area (TPSA) is 219 Å². The Hall–Kier alpha value is -4.07. The van der Waals surface area contributed by atoms with Gasteiger partial charge < -0.3 is 63.9 Å². The number of amides is 3. The van der Waals surface area contributed by atoms with Crippen LogP contribution >= 0.6 is 0 Å². The number of benzene rings is 1. The zero-order valence-electron chi connectivity index (χ0n) is 40.5. The Balaban J connectivity index is 1.51. The van der Waals surface area contributed by atoms with Crippen LogP contribution in [0.3, 0.4) is 0 Å². The molecule has 368 valence electrons. The lowest BCUT2D eigenvalue weighted by molar-refractivity contribution is -0.301. The zero-order valence-corrected chi connectivity index (χ0v) is 40.5. The van der Waals surface area contributed by atoms with Crippen LogP contribution in [0.2, 0.25) is 0 Å². The number of nitrogens with zero attached hydrogens (tertiary/aromatic N) is 1. The van der Waals surface area contributed by atoms with E-state index < -0.39 is 89.8 Å². The number of hydrogen-bond donors (Lipinski definition) is 4. The fraction of sp³-hybridized carbons (Fsp3) is 0.766. The lowest BCUT2D eigenvalue weighted by Gasteiger charge is -2.48. The van der Waals surface area contributed by atoms with E-state index in [1.54, 1.807) is 55.6 Å². The number of aliphatic hydroxyl groups is 1. The maximum atomic E-state index is 14.3. The highest BCUT2D eigenvalue weighted by atomic mass is 16.7. The van der Waals surface area contributed by atoms with Crippen LogP contribution < -0.4 is 20.7 Å². The summed E-state index contributed by atoms with van der Waals surface area (Å²) in [4.78, 5) is 69.5. The van der Waals surface area contributed by atoms with Crippen molar-refractivity contribution in [3.05, 3.63) is 29.8 Å². The number of fused-ring (bicyclic) bond motifs is 1. The normalized spacial score (nSPS) is 34.6. The Morgan fingerprint density at radius 2 is 1.60 bits per heavy atom. The number of rotatable bonds is 17. The third kappa shape index (κ3) is 13.8. The van der Waals surface area contributed by atoms with Gasteiger partial charge in [-0.25, -0.2) is 9.59 Å². The van der Waals surface area contributed by atoms with Crippen LogP contribution in [-0.2, 0) is 54.0 Å². The Bertz CT molecular complexity index is 1730. The molecule has 3 heterocycles. The third-order valence-corrected chi connectivity index (χ3v) is 13.4. The van der Waals surface area contributed by atoms with Gasteiger partial charge in [0.2, 0.25) is 5.91 Å². The minimum absolute atomic E-state index is 0.0940. The van der Waals surface area contributed by atoms with Crippen molar-refractivity contribution in [2.75, 3.05) is 54.6 Å². The molecule has 0 radical (unpaired) electrons. The number of aliphatic hydroxyl groups excluding tert-OH is 1. The lowest BCUT2D eigenvalue weighted by atomic mass is 9.73. The third-order valence-electron chi connectivity index (χ3n) is 13.4. The van der Waals surface area contributed by atoms with Gasteiger partial charge in [0.05, 0.1) is 43.3 Å². The van der Waals surface area contributed by atoms with Crippen molar-refractivity contribution in [3.8, 4) is 5.75 Å². The van der Waals surface area contributed by atoms with Gasteiger partial charge in [-0.05, 0) is 91.6 Å². The summed E-state index contributed by atoms with van der Waals surface area (Å²) in [5.74, 6) is -3.64. The lowest BCUT2D eigenvalue weighted by Crippen LogP contribution is -2.61. The van der Waals surface area contributed by atoms with Crippen molar-refractivity contribution in [3.63, 3.8) is 0 Å². The molecule has 3 amide bonds. The van der Waals surface area contributed by atoms with Crippen LogP contribution in [0.4, 0.5) is 9.59 Å². The minimum atomic E-state index is -1.41. The Morgan fingerprint density at radius 3 is 2.20 bits per heavy atom. The maximum Gasteiger partial charge on any atom is 0.408 e. The molecule has 3 saturated heterocycles. The van der Waals surface area contributed by atoms with E-state index in [-0.39, 0.29) is 49.6 Å². The van der Waals surface area contributed by atoms with Gasteiger partial charge >= 0.3 is 18.2 Å². The summed E-state index contributed by atoms with van der Waals surface area (Å²) in [6, 6.07) is 6.17. The van der Waals surface area contributed by atoms with Gasteiger partial charge in [-0.1, -0.05) is 39.8 Å². The molecule has 1 aromatic rings. The van der Waals surface area contributed by atoms with Gasteiger partial charge in [-0.3, -0.25) is 14.4 Å². The fourth-order valence-corrected chi connectivity index (χ4v) is 9.56. The number of methoxy groups -OCH3 is 2. The number of carbonyl (C=O) groups excluding carboxylic acids is 5. The molecule has 3 aliphatic heterocycles. The smallest absolute Gasteiger partial charge is 0.408 e. The Kier molecular flexibility index (Phi) is 19.9. The summed E-state index contributed by atoms with van der Waals surface area (Å²) in [6.45, 7) is 15.3. The van der Waals surface area contributed by atoms with Crippen LogP contribution in [0.1, 0.15) is 93.1 Å². The molecule has 4 N–H and O–H groups in total. The van der Waals surface area contributed by atoms with Crippen molar-refractivity contribution < 1.29 is 67.0 Å². The molecule has 4 rings (SSSR count). The van der Waals surface area contributed by atoms with Gasteiger partial charge in [-0.15, -0.1) is 0 Å². The second-order valence-corrected chi connectivity index (χ2v) is 18.6. The van der Waals surface area contributed by atoms with Crippen LogP contribution in [0.15, 0.2) is 24.3 Å². The first-order valence-electron chi connectivity index (χ1n) is 23.1. The first-order valence-corrected chi connectivity index (χ1v) is 23.1. The first kappa shape index (κ1) is 53.5. The van der Waals surface area contributed by atoms with E-state index in [0.29, 0.717) is 39.0 Å². The number of alkyl carbamates (subject to hydrolysis) is 2. The van der Waals surface area contributed by atoms with Crippen molar-refractivity contribution in [1.29, 1.82) is 0 Å². The molecule has 65 heavy (non-hydrogen) atoms. The number of carbonyl (C=O) groups is 5. The van der Waals surface area contributed by atoms with Gasteiger partial charge in [0.15, 0.2) is 11.9 Å². The molecular weight excluding hydrogens is 845 g/mol. The average Bonchev–Trinajstić information content (AvgIpc) is 3.59. The molecule has 1 aromatic carbocycles. The molecule has 0 aliphatic carbocycles. The van der Waals surface area contributed by atoms with E-state index >= 15 is 0 Å². The van der Waals surface area contributed by atoms with Crippen LogP contribution in [-0.4, -0.2) is 155 Å². The van der Waals surface area contributed by atoms with E-state index in [1.807, 2.05) is 50.2 Å². The van der Waals surface area contributed by atoms with E-state index in [1.165, 1.54) is 7.11 Å². The molecule has 0 saturated carbocycles. The van der Waals surface area contributed by atoms with Gasteiger partial charge in [-0.2, -0.15) is 0 Å². The average molecular weight is 921 g/mol. The quantitative estimate of drug-likeness (QED) is 0.0980. The first-order chi connectivity index (χ1) is 30.7. The molecule has 3 aliphatic rings. The van der Waals surface area contributed by atoms with E-state index in [9.17, 15) is 29.1 Å². The van der Waals surface area contributed by atoms with E-state index in [4.69, 9.17) is 37.9 Å². The number of Topliss-reactive ketones (excluding diaryl/α,β-unsaturated/α-hetero) is 1. The molecule has 14 atom stereocenters. The second-order valence-electron chi connectivity index (χ2n) is 18.6. The molecule has 0 aromatic heterocycles. The highest BCUT2D eigenvalue weighted by Crippen LogP contribution is 2.41. The zero-order chi connectivity index (χ0) is 48.2. The number of likely N-dealkylation sites (N-methyl/N-ethyl adjacent to an activating group) is 1. The second kappa shape index (κ2) is 24.1. The van der Waals surface area contributed by atoms with Crippen LogP contribution in [0, 0.1) is 23.7 Å². The summed E-state index contributed by atoms with van der Waals surface area (Å²) in [5.41, 5.74) is -1.82. The summed E-state index contributed by atoms with van der Waals surface area (Å²) in [6.07, 6.45) is -5.09. The molecular formula is C47H76N4O14. The molecule has 18 heteroatoms. The van der Waals surface area contributed by atoms with Crippen LogP contribution in [0.5, 0.6) is 5.75 Å². The predicted molar refractivity (Wildman–Crippen MR) is 239 cm³/mol. The standard InChI is InChI=1S/C47H76N4O14/c1-13-35-47(8)40(50-45(57)65-47)29(4)37(53)27(2)26-46(7,59-12)41(64-43-38(54)34(51(9)10)24-28(3)61-43)30(5)39(31(6)42(55)62-35)63-44(56)49-21-15-23-60-22-14-20-48-36(52)25-32-16-18-33(58-11)19-17-32/h16-19,27-31,34-35,38-41,43,54H,13-15,20-26H2,1-12H3,(H,48,52)(H,49,56)(H,50,57)/t27-,28-,29+,30+,31-,34+,35-,38-,39+,40-,41-,43+,46+,47-/m1/s1. The predicted octanol–water partition coefficient (Wildman–Crippen LogP) is 4.17. The van der Waals surface area contributed by atoms with Crippen LogP contribution in [0.25, 0.3) is 0 Å². The molecule has 18 nitrogen and oxygen atoms in total. The van der Waals surface area contributed by atoms with Gasteiger partial charge in [0.25, 0.3) is 0 Å². The van der Waals surface area contributed by atoms with Crippen molar-refractivity contribution in [1.82, 2.24) is 20.9 Å². The molecule has 0 spiro atoms. The summed E-state index contributed by atoms with van der Waals surface area (Å²) in [5, 5.41) is 20.1. The number of cyclic esters (lactones) is 1. The number of nitrogens with one attached hydrogen (secondary N) is 3. The largest absolute Gasteiger partial charge is 0.497 e. The monoisotopic (exact) mass is 921 g/mol. The molecule has 0 bridgehead atoms. The minimum Gasteiger partial charge on any atom is -0.497 e. The Labute approximate surface area is 384 Å². The van der Waals surface area contributed by atoms with Gasteiger partial charge in [0, 0.05) is 57.2 Å². The number of ether oxygens (including phenoxy) is 8. The van der Waals surface area contributed by atoms with Gasteiger partial charge in [0.1, 0.15) is 29.8 Å². The summed E-state index contributed by atoms with van der Waals surface area (Å²) < 4.78 is 48.3. The number of ketones is 1. The highest BCUT2D eigenvalue weighted by molar-refractivity contribution is 5.85. The number of hydrogen-bond acceptors (Lipinski definition) is 15. The SMILES string of the molecule is CC[C@H]1OC(=O)[C@H](C)[C@@H](OC(=O)NCCCOCCCNC(=O)Cc2ccc(OC)cc2)[C@H](C)[C@@H](O[C@@H]2O[C@H](C)C[C@H](N(C)C)[C@H]2O)[C@@](C)(OC)C[C@@H](C)C(=O)[C@H](C)[C@H]2NC(=O)O[C@@]21C. The Morgan fingerprint density at radius 1 is 0.954 bits per heavy atom. The fourth-order valence-electron chi connectivity index (χ4n) is 9.56. The van der Waals surface area contributed by atoms with Crippen molar-refractivity contribution in [2.24, 2.45) is 23.7 Å². The van der Waals surface area contributed by atoms with E-state index in [2.05, 4.69) is 16.0 Å². The van der Waals surface area contributed by atoms with Crippen molar-refractivity contribution >= 4 is 29.8 Å². The van der Waals surface area contributed by atoms with E-state index in [0.717, 1.165) is 11.3 Å². The maximum absolute atomic E-state index is 14.3. The molecule has 0 unspecified atom stereocenters. The molecule has 3 fully saturated rings. The summed E-state index contributed by atoms with van der Waals surface area (Å²) >= 11 is 0.